The molecule has 1 heterocycles. The van der Waals surface area contributed by atoms with E-state index in [-0.39, 0.29) is 0 Å². The van der Waals surface area contributed by atoms with Gasteiger partial charge in [0.15, 0.2) is 0 Å². The highest BCUT2D eigenvalue weighted by molar-refractivity contribution is 5.60. The first kappa shape index (κ1) is 12.3. The van der Waals surface area contributed by atoms with E-state index in [1.807, 2.05) is 6.92 Å². The topological polar surface area (TPSA) is 75.9 Å². The van der Waals surface area contributed by atoms with Gasteiger partial charge in [0.05, 0.1) is 0 Å². The third kappa shape index (κ3) is 2.95. The summed E-state index contributed by atoms with van der Waals surface area (Å²) in [5.41, 5.74) is 5.95. The first-order chi connectivity index (χ1) is 8.56. The van der Waals surface area contributed by atoms with Crippen molar-refractivity contribution >= 4 is 17.3 Å². The van der Waals surface area contributed by atoms with Crippen molar-refractivity contribution in [3.05, 3.63) is 41.2 Å². The molecular formula is C13H17N5. The van der Waals surface area contributed by atoms with Crippen molar-refractivity contribution in [3.63, 3.8) is 0 Å². The lowest BCUT2D eigenvalue weighted by Crippen LogP contribution is -2.10. The number of aryl methyl sites for hydroxylation is 3. The molecule has 0 fully saturated rings. The molecule has 1 aromatic heterocycles. The third-order valence-corrected chi connectivity index (χ3v) is 2.48. The molecule has 0 unspecified atom stereocenters. The van der Waals surface area contributed by atoms with Crippen molar-refractivity contribution in [3.8, 4) is 0 Å². The highest BCUT2D eigenvalue weighted by Crippen LogP contribution is 2.19. The molecule has 5 heteroatoms. The van der Waals surface area contributed by atoms with Gasteiger partial charge < -0.3 is 10.7 Å². The van der Waals surface area contributed by atoms with Crippen LogP contribution in [0.5, 0.6) is 0 Å². The zero-order valence-electron chi connectivity index (χ0n) is 10.8. The van der Waals surface area contributed by atoms with Crippen molar-refractivity contribution in [2.75, 3.05) is 10.7 Å². The van der Waals surface area contributed by atoms with E-state index < -0.39 is 0 Å². The first-order valence-electron chi connectivity index (χ1n) is 5.74. The van der Waals surface area contributed by atoms with Crippen LogP contribution in [-0.4, -0.2) is 9.97 Å². The Labute approximate surface area is 106 Å². The molecule has 0 atom stereocenters. The lowest BCUT2D eigenvalue weighted by atomic mass is 10.1. The first-order valence-corrected chi connectivity index (χ1v) is 5.74. The van der Waals surface area contributed by atoms with E-state index >= 15 is 0 Å². The second kappa shape index (κ2) is 5.01. The summed E-state index contributed by atoms with van der Waals surface area (Å²) < 4.78 is 0. The molecule has 0 aliphatic rings. The smallest absolute Gasteiger partial charge is 0.145 e. The van der Waals surface area contributed by atoms with Crippen LogP contribution in [0, 0.1) is 20.8 Å². The van der Waals surface area contributed by atoms with Gasteiger partial charge in [0.2, 0.25) is 0 Å². The predicted octanol–water partition coefficient (Wildman–Crippen LogP) is 2.43. The van der Waals surface area contributed by atoms with Crippen LogP contribution in [0.15, 0.2) is 24.3 Å². The Bertz CT molecular complexity index is 545. The van der Waals surface area contributed by atoms with Gasteiger partial charge in [-0.1, -0.05) is 6.07 Å². The molecule has 0 radical (unpaired) electrons. The van der Waals surface area contributed by atoms with Crippen molar-refractivity contribution < 1.29 is 0 Å². The summed E-state index contributed by atoms with van der Waals surface area (Å²) in [5.74, 6) is 7.34. The fourth-order valence-electron chi connectivity index (χ4n) is 1.90. The summed E-state index contributed by atoms with van der Waals surface area (Å²) in [6, 6.07) is 8.04. The van der Waals surface area contributed by atoms with Crippen LogP contribution in [0.4, 0.5) is 17.3 Å². The van der Waals surface area contributed by atoms with E-state index in [0.717, 1.165) is 11.5 Å². The number of nitrogen functional groups attached to an aromatic ring is 1. The Morgan fingerprint density at radius 2 is 1.50 bits per heavy atom. The molecule has 1 aromatic carbocycles. The van der Waals surface area contributed by atoms with Gasteiger partial charge in [-0.05, 0) is 44.0 Å². The minimum Gasteiger partial charge on any atom is -0.340 e. The highest BCUT2D eigenvalue weighted by atomic mass is 15.3. The molecule has 2 rings (SSSR count). The van der Waals surface area contributed by atoms with E-state index in [0.29, 0.717) is 11.6 Å². The summed E-state index contributed by atoms with van der Waals surface area (Å²) in [4.78, 5) is 8.46. The van der Waals surface area contributed by atoms with Crippen molar-refractivity contribution in [2.24, 2.45) is 5.84 Å². The standard InChI is InChI=1S/C13H17N5/c1-8-4-9(2)6-11(5-8)17-12-7-13(18-14)16-10(3)15-12/h4-7H,14H2,1-3H3,(H2,15,16,17,18). The SMILES string of the molecule is Cc1cc(C)cc(Nc2cc(NN)nc(C)n2)c1. The Hall–Kier alpha value is -2.14. The van der Waals surface area contributed by atoms with E-state index in [9.17, 15) is 0 Å². The predicted molar refractivity (Wildman–Crippen MR) is 73.8 cm³/mol. The lowest BCUT2D eigenvalue weighted by molar-refractivity contribution is 1.05. The van der Waals surface area contributed by atoms with Crippen LogP contribution >= 0.6 is 0 Å². The molecule has 2 aromatic rings. The summed E-state index contributed by atoms with van der Waals surface area (Å²) in [6.07, 6.45) is 0. The van der Waals surface area contributed by atoms with E-state index in [2.05, 4.69) is 52.8 Å². The molecule has 94 valence electrons. The number of hydrazine groups is 1. The molecule has 0 bridgehead atoms. The molecule has 4 N–H and O–H groups in total. The molecule has 0 amide bonds. The van der Waals surface area contributed by atoms with E-state index in [1.54, 1.807) is 6.07 Å². The van der Waals surface area contributed by atoms with Gasteiger partial charge in [0.1, 0.15) is 17.5 Å². The van der Waals surface area contributed by atoms with Gasteiger partial charge in [-0.15, -0.1) is 0 Å². The number of nitrogens with two attached hydrogens (primary N) is 1. The number of nitrogens with one attached hydrogen (secondary N) is 2. The van der Waals surface area contributed by atoms with Crippen LogP contribution in [0.25, 0.3) is 0 Å². The maximum absolute atomic E-state index is 5.36. The number of anilines is 3. The minimum absolute atomic E-state index is 0.592. The zero-order chi connectivity index (χ0) is 13.1. The Balaban J connectivity index is 2.30. The lowest BCUT2D eigenvalue weighted by Gasteiger charge is -2.09. The second-order valence-electron chi connectivity index (χ2n) is 4.33. The Kier molecular flexibility index (Phi) is 3.43. The van der Waals surface area contributed by atoms with Gasteiger partial charge in [-0.2, -0.15) is 0 Å². The van der Waals surface area contributed by atoms with E-state index in [1.165, 1.54) is 11.1 Å². The van der Waals surface area contributed by atoms with Gasteiger partial charge >= 0.3 is 0 Å². The Morgan fingerprint density at radius 1 is 0.889 bits per heavy atom. The average Bonchev–Trinajstić information content (AvgIpc) is 2.26. The normalized spacial score (nSPS) is 10.2. The number of aromatic nitrogens is 2. The highest BCUT2D eigenvalue weighted by Gasteiger charge is 2.02. The molecule has 0 spiro atoms. The second-order valence-corrected chi connectivity index (χ2v) is 4.33. The summed E-state index contributed by atoms with van der Waals surface area (Å²) in [7, 11) is 0. The van der Waals surface area contributed by atoms with Crippen LogP contribution in [-0.2, 0) is 0 Å². The molecule has 0 aliphatic carbocycles. The van der Waals surface area contributed by atoms with Gasteiger partial charge in [-0.3, -0.25) is 0 Å². The summed E-state index contributed by atoms with van der Waals surface area (Å²) >= 11 is 0. The monoisotopic (exact) mass is 243 g/mol. The Morgan fingerprint density at radius 3 is 2.11 bits per heavy atom. The van der Waals surface area contributed by atoms with Crippen LogP contribution < -0.4 is 16.6 Å². The summed E-state index contributed by atoms with van der Waals surface area (Å²) in [6.45, 7) is 5.96. The van der Waals surface area contributed by atoms with Gasteiger partial charge in [-0.25, -0.2) is 15.8 Å². The molecule has 18 heavy (non-hydrogen) atoms. The van der Waals surface area contributed by atoms with E-state index in [4.69, 9.17) is 5.84 Å². The molecule has 0 aliphatic heterocycles. The molecule has 0 saturated carbocycles. The fraction of sp³-hybridized carbons (Fsp3) is 0.231. The van der Waals surface area contributed by atoms with Crippen LogP contribution in [0.2, 0.25) is 0 Å². The van der Waals surface area contributed by atoms with Crippen molar-refractivity contribution in [1.29, 1.82) is 0 Å². The molecule has 5 nitrogen and oxygen atoms in total. The largest absolute Gasteiger partial charge is 0.340 e. The van der Waals surface area contributed by atoms with Crippen LogP contribution in [0.1, 0.15) is 17.0 Å². The maximum Gasteiger partial charge on any atom is 0.145 e. The van der Waals surface area contributed by atoms with Crippen LogP contribution in [0.3, 0.4) is 0 Å². The fourth-order valence-corrected chi connectivity index (χ4v) is 1.90. The maximum atomic E-state index is 5.36. The van der Waals surface area contributed by atoms with Gasteiger partial charge in [0, 0.05) is 11.8 Å². The minimum atomic E-state index is 0.592. The van der Waals surface area contributed by atoms with Crippen molar-refractivity contribution in [2.45, 2.75) is 20.8 Å². The summed E-state index contributed by atoms with van der Waals surface area (Å²) in [5, 5.41) is 3.25. The number of nitrogens with zero attached hydrogens (tertiary/aromatic N) is 2. The number of hydrogen-bond donors (Lipinski definition) is 3. The number of rotatable bonds is 3. The van der Waals surface area contributed by atoms with Gasteiger partial charge in [0.25, 0.3) is 0 Å². The molecular weight excluding hydrogens is 226 g/mol. The average molecular weight is 243 g/mol. The quantitative estimate of drug-likeness (QED) is 0.570. The zero-order valence-corrected chi connectivity index (χ0v) is 10.8. The van der Waals surface area contributed by atoms with Crippen molar-refractivity contribution in [1.82, 2.24) is 9.97 Å². The third-order valence-electron chi connectivity index (χ3n) is 2.48. The number of benzene rings is 1. The molecule has 0 saturated heterocycles. The number of hydrogen-bond acceptors (Lipinski definition) is 5.